The fraction of sp³-hybridized carbons (Fsp3) is 0.250. The van der Waals surface area contributed by atoms with E-state index in [1.54, 1.807) is 25.2 Å². The first-order valence-corrected chi connectivity index (χ1v) is 6.28. The van der Waals surface area contributed by atoms with Gasteiger partial charge in [0.25, 0.3) is 0 Å². The minimum atomic E-state index is -0.260. The van der Waals surface area contributed by atoms with Gasteiger partial charge in [0.1, 0.15) is 6.33 Å². The molecule has 1 heterocycles. The van der Waals surface area contributed by atoms with Crippen molar-refractivity contribution in [1.29, 1.82) is 0 Å². The third-order valence-electron chi connectivity index (χ3n) is 2.73. The average molecular weight is 296 g/mol. The highest BCUT2D eigenvalue weighted by Crippen LogP contribution is 2.22. The summed E-state index contributed by atoms with van der Waals surface area (Å²) in [5, 5.41) is 7.03. The number of carbonyl (C=O) groups is 1. The Kier molecular flexibility index (Phi) is 4.09. The number of nitrogen functional groups attached to an aromatic ring is 1. The maximum Gasteiger partial charge on any atom is 0.345 e. The summed E-state index contributed by atoms with van der Waals surface area (Å²) in [6.45, 7) is 0.207. The molecular formula is C12H14ClN5O2. The van der Waals surface area contributed by atoms with Gasteiger partial charge in [-0.3, -0.25) is 9.36 Å². The second-order valence-electron chi connectivity index (χ2n) is 4.28. The van der Waals surface area contributed by atoms with Gasteiger partial charge in [-0.1, -0.05) is 11.6 Å². The van der Waals surface area contributed by atoms with E-state index in [0.29, 0.717) is 16.4 Å². The SMILES string of the molecule is Cn1cnn(CCC(=O)Nc2ccc(Cl)cc2N)c1=O. The van der Waals surface area contributed by atoms with Gasteiger partial charge in [-0.05, 0) is 18.2 Å². The van der Waals surface area contributed by atoms with Gasteiger partial charge in [-0.25, -0.2) is 9.48 Å². The van der Waals surface area contributed by atoms with Gasteiger partial charge in [0.15, 0.2) is 0 Å². The topological polar surface area (TPSA) is 94.9 Å². The molecule has 8 heteroatoms. The Bertz CT molecular complexity index is 691. The van der Waals surface area contributed by atoms with Crippen LogP contribution in [-0.4, -0.2) is 20.3 Å². The van der Waals surface area contributed by atoms with Crippen LogP contribution in [0.5, 0.6) is 0 Å². The van der Waals surface area contributed by atoms with E-state index in [4.69, 9.17) is 17.3 Å². The normalized spacial score (nSPS) is 10.5. The van der Waals surface area contributed by atoms with Gasteiger partial charge >= 0.3 is 5.69 Å². The number of aromatic nitrogens is 3. The molecule has 0 atom stereocenters. The first kappa shape index (κ1) is 14.1. The van der Waals surface area contributed by atoms with Crippen molar-refractivity contribution >= 4 is 28.9 Å². The van der Waals surface area contributed by atoms with Crippen LogP contribution in [0.25, 0.3) is 0 Å². The number of aryl methyl sites for hydroxylation is 2. The van der Waals surface area contributed by atoms with Crippen molar-refractivity contribution < 1.29 is 4.79 Å². The van der Waals surface area contributed by atoms with Crippen LogP contribution in [0.3, 0.4) is 0 Å². The zero-order chi connectivity index (χ0) is 14.7. The zero-order valence-electron chi connectivity index (χ0n) is 10.8. The van der Waals surface area contributed by atoms with E-state index in [0.717, 1.165) is 0 Å². The lowest BCUT2D eigenvalue weighted by atomic mass is 10.2. The van der Waals surface area contributed by atoms with E-state index in [1.807, 2.05) is 0 Å². The molecule has 0 bridgehead atoms. The number of hydrogen-bond donors (Lipinski definition) is 2. The van der Waals surface area contributed by atoms with Crippen LogP contribution in [0.2, 0.25) is 5.02 Å². The number of anilines is 2. The second kappa shape index (κ2) is 5.79. The number of amides is 1. The third kappa shape index (κ3) is 3.18. The smallest absolute Gasteiger partial charge is 0.345 e. The van der Waals surface area contributed by atoms with Crippen molar-refractivity contribution in [1.82, 2.24) is 14.3 Å². The molecule has 0 fully saturated rings. The Hall–Kier alpha value is -2.28. The van der Waals surface area contributed by atoms with E-state index in [9.17, 15) is 9.59 Å². The Labute approximate surface area is 120 Å². The number of nitrogens with zero attached hydrogens (tertiary/aromatic N) is 3. The van der Waals surface area contributed by atoms with Gasteiger partial charge in [-0.15, -0.1) is 0 Å². The Balaban J connectivity index is 1.96. The molecule has 0 aliphatic carbocycles. The van der Waals surface area contributed by atoms with Gasteiger partial charge < -0.3 is 11.1 Å². The minimum absolute atomic E-state index is 0.124. The summed E-state index contributed by atoms with van der Waals surface area (Å²) in [6.07, 6.45) is 1.52. The molecule has 1 aromatic heterocycles. The van der Waals surface area contributed by atoms with Crippen LogP contribution in [0.15, 0.2) is 29.3 Å². The zero-order valence-corrected chi connectivity index (χ0v) is 11.6. The molecule has 2 rings (SSSR count). The van der Waals surface area contributed by atoms with Crippen molar-refractivity contribution in [2.75, 3.05) is 11.1 Å². The Morgan fingerprint density at radius 1 is 1.50 bits per heavy atom. The fourth-order valence-electron chi connectivity index (χ4n) is 1.64. The number of rotatable bonds is 4. The Morgan fingerprint density at radius 2 is 2.25 bits per heavy atom. The van der Waals surface area contributed by atoms with E-state index < -0.39 is 0 Å². The number of carbonyl (C=O) groups excluding carboxylic acids is 1. The number of nitrogens with two attached hydrogens (primary N) is 1. The maximum atomic E-state index is 11.8. The lowest BCUT2D eigenvalue weighted by Gasteiger charge is -2.08. The highest BCUT2D eigenvalue weighted by molar-refractivity contribution is 6.31. The van der Waals surface area contributed by atoms with Crippen molar-refractivity contribution in [3.8, 4) is 0 Å². The van der Waals surface area contributed by atoms with Gasteiger partial charge in [-0.2, -0.15) is 5.10 Å². The predicted octanol–water partition coefficient (Wildman–Crippen LogP) is 0.846. The van der Waals surface area contributed by atoms with Crippen LogP contribution in [0, 0.1) is 0 Å². The van der Waals surface area contributed by atoms with Crippen LogP contribution in [0.4, 0.5) is 11.4 Å². The van der Waals surface area contributed by atoms with Crippen LogP contribution < -0.4 is 16.7 Å². The van der Waals surface area contributed by atoms with Gasteiger partial charge in [0.05, 0.1) is 17.9 Å². The van der Waals surface area contributed by atoms with Crippen LogP contribution >= 0.6 is 11.6 Å². The van der Waals surface area contributed by atoms with Gasteiger partial charge in [0, 0.05) is 18.5 Å². The highest BCUT2D eigenvalue weighted by Gasteiger charge is 2.08. The number of hydrogen-bond acceptors (Lipinski definition) is 4. The maximum absolute atomic E-state index is 11.8. The molecule has 1 amide bonds. The third-order valence-corrected chi connectivity index (χ3v) is 2.96. The first-order chi connectivity index (χ1) is 9.47. The first-order valence-electron chi connectivity index (χ1n) is 5.90. The summed E-state index contributed by atoms with van der Waals surface area (Å²) in [4.78, 5) is 23.3. The molecule has 1 aromatic carbocycles. The molecule has 20 heavy (non-hydrogen) atoms. The number of nitrogens with one attached hydrogen (secondary N) is 1. The number of benzene rings is 1. The summed E-state index contributed by atoms with van der Waals surface area (Å²) in [5.41, 5.74) is 6.36. The summed E-state index contributed by atoms with van der Waals surface area (Å²) in [6, 6.07) is 4.82. The molecule has 0 radical (unpaired) electrons. The largest absolute Gasteiger partial charge is 0.397 e. The quantitative estimate of drug-likeness (QED) is 0.817. The second-order valence-corrected chi connectivity index (χ2v) is 4.71. The average Bonchev–Trinajstić information content (AvgIpc) is 2.71. The Morgan fingerprint density at radius 3 is 2.85 bits per heavy atom. The molecule has 2 aromatic rings. The summed E-state index contributed by atoms with van der Waals surface area (Å²) >= 11 is 5.77. The highest BCUT2D eigenvalue weighted by atomic mass is 35.5. The summed E-state index contributed by atoms with van der Waals surface area (Å²) in [7, 11) is 1.60. The molecule has 3 N–H and O–H groups in total. The molecule has 0 aliphatic rings. The summed E-state index contributed by atoms with van der Waals surface area (Å²) < 4.78 is 2.57. The van der Waals surface area contributed by atoms with Crippen molar-refractivity contribution in [3.05, 3.63) is 40.0 Å². The van der Waals surface area contributed by atoms with E-state index in [-0.39, 0.29) is 24.6 Å². The summed E-state index contributed by atoms with van der Waals surface area (Å²) in [5.74, 6) is -0.253. The van der Waals surface area contributed by atoms with Crippen molar-refractivity contribution in [2.24, 2.45) is 7.05 Å². The monoisotopic (exact) mass is 295 g/mol. The van der Waals surface area contributed by atoms with Gasteiger partial charge in [0.2, 0.25) is 5.91 Å². The molecule has 0 unspecified atom stereocenters. The fourth-order valence-corrected chi connectivity index (χ4v) is 1.82. The van der Waals surface area contributed by atoms with E-state index in [2.05, 4.69) is 10.4 Å². The molecule has 0 saturated heterocycles. The van der Waals surface area contributed by atoms with E-state index in [1.165, 1.54) is 15.6 Å². The van der Waals surface area contributed by atoms with Crippen molar-refractivity contribution in [2.45, 2.75) is 13.0 Å². The lowest BCUT2D eigenvalue weighted by molar-refractivity contribution is -0.116. The number of halogens is 1. The minimum Gasteiger partial charge on any atom is -0.397 e. The predicted molar refractivity (Wildman–Crippen MR) is 76.6 cm³/mol. The van der Waals surface area contributed by atoms with Crippen LogP contribution in [0.1, 0.15) is 6.42 Å². The molecule has 7 nitrogen and oxygen atoms in total. The van der Waals surface area contributed by atoms with Crippen molar-refractivity contribution in [3.63, 3.8) is 0 Å². The molecule has 106 valence electrons. The molecular weight excluding hydrogens is 282 g/mol. The van der Waals surface area contributed by atoms with E-state index >= 15 is 0 Å². The molecule has 0 aliphatic heterocycles. The van der Waals surface area contributed by atoms with Crippen LogP contribution in [-0.2, 0) is 18.4 Å². The molecule has 0 saturated carbocycles. The lowest BCUT2D eigenvalue weighted by Crippen LogP contribution is -2.25. The standard InChI is InChI=1S/C12H14ClN5O2/c1-17-7-15-18(12(17)20)5-4-11(19)16-10-3-2-8(13)6-9(10)14/h2-3,6-7H,4-5,14H2,1H3,(H,16,19). The molecule has 0 spiro atoms.